The average molecular weight is 355 g/mol. The highest BCUT2D eigenvalue weighted by molar-refractivity contribution is 9.08. The molecule has 2 aromatic carbocycles. The van der Waals surface area contributed by atoms with Crippen LogP contribution in [0.2, 0.25) is 0 Å². The quantitative estimate of drug-likeness (QED) is 0.596. The Morgan fingerprint density at radius 2 is 1.86 bits per heavy atom. The van der Waals surface area contributed by atoms with Crippen molar-refractivity contribution < 1.29 is 13.2 Å². The van der Waals surface area contributed by atoms with Gasteiger partial charge in [-0.1, -0.05) is 34.1 Å². The van der Waals surface area contributed by atoms with E-state index >= 15 is 0 Å². The summed E-state index contributed by atoms with van der Waals surface area (Å²) in [6, 6.07) is 11.4. The van der Waals surface area contributed by atoms with Crippen LogP contribution in [0.5, 0.6) is 0 Å². The van der Waals surface area contributed by atoms with E-state index in [1.807, 2.05) is 0 Å². The topological polar surface area (TPSA) is 17.8 Å². The number of nitrogens with zero attached hydrogens (tertiary/aromatic N) is 2. The first-order valence-electron chi connectivity index (χ1n) is 6.19. The third-order valence-corrected chi connectivity index (χ3v) is 3.88. The first-order chi connectivity index (χ1) is 10.0. The summed E-state index contributed by atoms with van der Waals surface area (Å²) >= 11 is 3.18. The smallest absolute Gasteiger partial charge is 0.298 e. The fourth-order valence-electron chi connectivity index (χ4n) is 2.25. The number of alkyl halides is 4. The van der Waals surface area contributed by atoms with Crippen molar-refractivity contribution in [2.75, 3.05) is 0 Å². The maximum atomic E-state index is 13.3. The first kappa shape index (κ1) is 14.1. The van der Waals surface area contributed by atoms with Crippen LogP contribution in [0.25, 0.3) is 16.7 Å². The van der Waals surface area contributed by atoms with E-state index in [4.69, 9.17) is 0 Å². The minimum Gasteiger partial charge on any atom is -0.298 e. The number of halogens is 4. The van der Waals surface area contributed by atoms with Crippen LogP contribution in [0, 0.1) is 0 Å². The van der Waals surface area contributed by atoms with Crippen LogP contribution >= 0.6 is 15.9 Å². The van der Waals surface area contributed by atoms with Gasteiger partial charge in [0.25, 0.3) is 0 Å². The summed E-state index contributed by atoms with van der Waals surface area (Å²) in [6.07, 6.45) is -3.00. The lowest BCUT2D eigenvalue weighted by Crippen LogP contribution is -2.11. The molecule has 0 fully saturated rings. The lowest BCUT2D eigenvalue weighted by molar-refractivity contribution is -0.137. The van der Waals surface area contributed by atoms with Crippen LogP contribution in [0.3, 0.4) is 0 Å². The van der Waals surface area contributed by atoms with Gasteiger partial charge >= 0.3 is 6.18 Å². The fourth-order valence-corrected chi connectivity index (χ4v) is 2.60. The predicted octanol–water partition coefficient (Wildman–Crippen LogP) is 4.94. The Labute approximate surface area is 127 Å². The molecule has 0 amide bonds. The molecule has 0 unspecified atom stereocenters. The van der Waals surface area contributed by atoms with Crippen LogP contribution in [0.15, 0.2) is 48.8 Å². The fraction of sp³-hybridized carbons (Fsp3) is 0.133. The molecule has 0 N–H and O–H groups in total. The van der Waals surface area contributed by atoms with Gasteiger partial charge in [0.1, 0.15) is 6.33 Å². The molecule has 108 valence electrons. The summed E-state index contributed by atoms with van der Waals surface area (Å²) in [6.45, 7) is 0. The highest BCUT2D eigenvalue weighted by Crippen LogP contribution is 2.35. The molecule has 0 aliphatic rings. The van der Waals surface area contributed by atoms with E-state index in [9.17, 15) is 13.2 Å². The molecule has 1 aromatic heterocycles. The van der Waals surface area contributed by atoms with Crippen molar-refractivity contribution in [2.45, 2.75) is 11.5 Å². The maximum absolute atomic E-state index is 13.3. The second kappa shape index (κ2) is 5.18. The van der Waals surface area contributed by atoms with Crippen molar-refractivity contribution in [1.82, 2.24) is 9.55 Å². The number of para-hydroxylation sites is 2. The molecule has 0 aliphatic heterocycles. The van der Waals surface area contributed by atoms with Gasteiger partial charge in [-0.25, -0.2) is 4.98 Å². The Balaban J connectivity index is 2.27. The Bertz CT molecular complexity index is 793. The number of benzene rings is 2. The van der Waals surface area contributed by atoms with Crippen LogP contribution in [0.4, 0.5) is 13.2 Å². The SMILES string of the molecule is FC(F)(F)c1cc(CBr)ccc1-n1cnc2ccccc21. The zero-order valence-electron chi connectivity index (χ0n) is 10.7. The minimum absolute atomic E-state index is 0.0842. The van der Waals surface area contributed by atoms with Crippen LogP contribution in [0.1, 0.15) is 11.1 Å². The lowest BCUT2D eigenvalue weighted by atomic mass is 10.1. The van der Waals surface area contributed by atoms with Gasteiger partial charge in [0.15, 0.2) is 0 Å². The van der Waals surface area contributed by atoms with Crippen molar-refractivity contribution >= 4 is 27.0 Å². The summed E-state index contributed by atoms with van der Waals surface area (Å²) in [5, 5.41) is 0.376. The normalized spacial score (nSPS) is 12.0. The molecule has 0 spiro atoms. The summed E-state index contributed by atoms with van der Waals surface area (Å²) in [5.74, 6) is 0. The lowest BCUT2D eigenvalue weighted by Gasteiger charge is -2.15. The average Bonchev–Trinajstić information content (AvgIpc) is 2.89. The van der Waals surface area contributed by atoms with E-state index in [2.05, 4.69) is 20.9 Å². The zero-order valence-corrected chi connectivity index (χ0v) is 12.3. The molecular formula is C15H10BrF3N2. The van der Waals surface area contributed by atoms with Gasteiger partial charge in [0.2, 0.25) is 0 Å². The molecule has 6 heteroatoms. The van der Waals surface area contributed by atoms with Crippen LogP contribution in [-0.4, -0.2) is 9.55 Å². The third kappa shape index (κ3) is 2.55. The third-order valence-electron chi connectivity index (χ3n) is 3.23. The molecular weight excluding hydrogens is 345 g/mol. The molecule has 0 saturated heterocycles. The molecule has 0 bridgehead atoms. The number of fused-ring (bicyclic) bond motifs is 1. The van der Waals surface area contributed by atoms with Crippen molar-refractivity contribution in [1.29, 1.82) is 0 Å². The highest BCUT2D eigenvalue weighted by Gasteiger charge is 2.34. The van der Waals surface area contributed by atoms with Gasteiger partial charge in [-0.2, -0.15) is 13.2 Å². The zero-order chi connectivity index (χ0) is 15.0. The second-order valence-electron chi connectivity index (χ2n) is 4.59. The standard InChI is InChI=1S/C15H10BrF3N2/c16-8-10-5-6-13(11(7-10)15(17,18)19)21-9-20-12-3-1-2-4-14(12)21/h1-7,9H,8H2. The van der Waals surface area contributed by atoms with Gasteiger partial charge in [-0.15, -0.1) is 0 Å². The Morgan fingerprint density at radius 1 is 1.10 bits per heavy atom. The summed E-state index contributed by atoms with van der Waals surface area (Å²) in [4.78, 5) is 4.15. The Morgan fingerprint density at radius 3 is 2.57 bits per heavy atom. The van der Waals surface area contributed by atoms with Gasteiger partial charge in [0, 0.05) is 5.33 Å². The van der Waals surface area contributed by atoms with Crippen LogP contribution < -0.4 is 0 Å². The van der Waals surface area contributed by atoms with E-state index in [-0.39, 0.29) is 5.69 Å². The summed E-state index contributed by atoms with van der Waals surface area (Å²) < 4.78 is 41.4. The predicted molar refractivity (Wildman–Crippen MR) is 78.7 cm³/mol. The molecule has 1 heterocycles. The van der Waals surface area contributed by atoms with Gasteiger partial charge in [-0.05, 0) is 29.8 Å². The van der Waals surface area contributed by atoms with Crippen molar-refractivity contribution in [2.24, 2.45) is 0 Å². The number of hydrogen-bond acceptors (Lipinski definition) is 1. The van der Waals surface area contributed by atoms with Crippen molar-refractivity contribution in [3.05, 3.63) is 59.9 Å². The van der Waals surface area contributed by atoms with Gasteiger partial charge < -0.3 is 0 Å². The van der Waals surface area contributed by atoms with E-state index in [1.54, 1.807) is 30.3 Å². The van der Waals surface area contributed by atoms with E-state index in [1.165, 1.54) is 23.0 Å². The van der Waals surface area contributed by atoms with E-state index < -0.39 is 11.7 Å². The summed E-state index contributed by atoms with van der Waals surface area (Å²) in [5.41, 5.74) is 1.31. The first-order valence-corrected chi connectivity index (χ1v) is 7.31. The van der Waals surface area contributed by atoms with Crippen molar-refractivity contribution in [3.63, 3.8) is 0 Å². The molecule has 0 saturated carbocycles. The van der Waals surface area contributed by atoms with Gasteiger partial charge in [0.05, 0.1) is 22.3 Å². The Kier molecular flexibility index (Phi) is 3.49. The Hall–Kier alpha value is -1.82. The van der Waals surface area contributed by atoms with E-state index in [0.29, 0.717) is 21.9 Å². The van der Waals surface area contributed by atoms with E-state index in [0.717, 1.165) is 0 Å². The molecule has 3 aromatic rings. The number of hydrogen-bond donors (Lipinski definition) is 0. The molecule has 21 heavy (non-hydrogen) atoms. The highest BCUT2D eigenvalue weighted by atomic mass is 79.9. The molecule has 0 aliphatic carbocycles. The number of aromatic nitrogens is 2. The molecule has 2 nitrogen and oxygen atoms in total. The van der Waals surface area contributed by atoms with Gasteiger partial charge in [-0.3, -0.25) is 4.57 Å². The monoisotopic (exact) mass is 354 g/mol. The second-order valence-corrected chi connectivity index (χ2v) is 5.15. The largest absolute Gasteiger partial charge is 0.418 e. The number of rotatable bonds is 2. The number of imidazole rings is 1. The van der Waals surface area contributed by atoms with Crippen molar-refractivity contribution in [3.8, 4) is 5.69 Å². The molecule has 3 rings (SSSR count). The maximum Gasteiger partial charge on any atom is 0.418 e. The van der Waals surface area contributed by atoms with Crippen LogP contribution in [-0.2, 0) is 11.5 Å². The molecule has 0 radical (unpaired) electrons. The minimum atomic E-state index is -4.42. The summed E-state index contributed by atoms with van der Waals surface area (Å²) in [7, 11) is 0. The molecule has 0 atom stereocenters.